The van der Waals surface area contributed by atoms with Gasteiger partial charge >= 0.3 is 18.0 Å². The summed E-state index contributed by atoms with van der Waals surface area (Å²) in [5, 5.41) is 5.20. The molecule has 0 spiro atoms. The van der Waals surface area contributed by atoms with Crippen molar-refractivity contribution in [1.29, 1.82) is 0 Å². The largest absolute Gasteiger partial charge is 0.463 e. The Hall–Kier alpha value is -2.05. The Kier molecular flexibility index (Phi) is 6.60. The van der Waals surface area contributed by atoms with Crippen LogP contribution in [0.5, 0.6) is 0 Å². The molecular weight excluding hydrogens is 300 g/mol. The Labute approximate surface area is 136 Å². The molecule has 7 heteroatoms. The summed E-state index contributed by atoms with van der Waals surface area (Å²) in [5.41, 5.74) is 0.387. The number of nitrogens with one attached hydrogen (secondary N) is 2. The van der Waals surface area contributed by atoms with Crippen molar-refractivity contribution >= 4 is 18.0 Å². The van der Waals surface area contributed by atoms with Crippen LogP contribution in [0.25, 0.3) is 0 Å². The van der Waals surface area contributed by atoms with E-state index in [4.69, 9.17) is 9.47 Å². The van der Waals surface area contributed by atoms with E-state index in [9.17, 15) is 14.4 Å². The summed E-state index contributed by atoms with van der Waals surface area (Å²) in [6, 6.07) is -0.883. The lowest BCUT2D eigenvalue weighted by molar-refractivity contribution is -0.145. The fraction of sp³-hybridized carbons (Fsp3) is 0.688. The molecule has 2 amide bonds. The van der Waals surface area contributed by atoms with Gasteiger partial charge in [0.1, 0.15) is 6.61 Å². The molecule has 1 rings (SSSR count). The first-order valence-corrected chi connectivity index (χ1v) is 7.81. The highest BCUT2D eigenvalue weighted by Crippen LogP contribution is 2.20. The molecule has 0 saturated carbocycles. The second-order valence-corrected chi connectivity index (χ2v) is 6.57. The van der Waals surface area contributed by atoms with Gasteiger partial charge in [-0.15, -0.1) is 0 Å². The van der Waals surface area contributed by atoms with Crippen molar-refractivity contribution < 1.29 is 23.9 Å². The number of amides is 2. The van der Waals surface area contributed by atoms with Crippen molar-refractivity contribution in [3.63, 3.8) is 0 Å². The molecule has 1 aliphatic heterocycles. The van der Waals surface area contributed by atoms with Crippen molar-refractivity contribution in [2.75, 3.05) is 13.2 Å². The maximum atomic E-state index is 12.1. The normalized spacial score (nSPS) is 18.1. The Balaban J connectivity index is 2.92. The van der Waals surface area contributed by atoms with E-state index in [-0.39, 0.29) is 36.7 Å². The monoisotopic (exact) mass is 326 g/mol. The summed E-state index contributed by atoms with van der Waals surface area (Å²) in [4.78, 5) is 35.7. The summed E-state index contributed by atoms with van der Waals surface area (Å²) in [6.45, 7) is 9.40. The van der Waals surface area contributed by atoms with Crippen molar-refractivity contribution in [3.05, 3.63) is 11.3 Å². The van der Waals surface area contributed by atoms with Crippen LogP contribution in [0.3, 0.4) is 0 Å². The van der Waals surface area contributed by atoms with Gasteiger partial charge in [0.15, 0.2) is 0 Å². The third kappa shape index (κ3) is 5.92. The lowest BCUT2D eigenvalue weighted by Gasteiger charge is -2.28. The minimum atomic E-state index is -0.520. The molecular formula is C16H26N2O5. The standard InChI is InChI=1S/C16H26N2O5/c1-6-10-13(14(20)22-7-2)11(18-15(21)17-10)9-23-12(19)8-16(3,4)5/h10H,6-9H2,1-5H3,(H2,17,18,21)/t10-/m0/s1. The predicted octanol–water partition coefficient (Wildman–Crippen LogP) is 1.87. The molecule has 0 aromatic carbocycles. The second-order valence-electron chi connectivity index (χ2n) is 6.57. The molecule has 0 saturated heterocycles. The number of carbonyl (C=O) groups is 3. The Morgan fingerprint density at radius 2 is 1.83 bits per heavy atom. The van der Waals surface area contributed by atoms with E-state index < -0.39 is 18.0 Å². The van der Waals surface area contributed by atoms with Gasteiger partial charge in [0.05, 0.1) is 30.3 Å². The van der Waals surface area contributed by atoms with Crippen LogP contribution in [0, 0.1) is 5.41 Å². The molecule has 1 atom stereocenters. The van der Waals surface area contributed by atoms with Crippen molar-refractivity contribution in [1.82, 2.24) is 10.6 Å². The number of carbonyl (C=O) groups excluding carboxylic acids is 3. The van der Waals surface area contributed by atoms with Gasteiger partial charge in [-0.2, -0.15) is 0 Å². The van der Waals surface area contributed by atoms with Crippen molar-refractivity contribution in [2.45, 2.75) is 53.5 Å². The zero-order chi connectivity index (χ0) is 17.6. The highest BCUT2D eigenvalue weighted by Gasteiger charge is 2.32. The van der Waals surface area contributed by atoms with Crippen molar-refractivity contribution in [2.24, 2.45) is 5.41 Å². The van der Waals surface area contributed by atoms with Gasteiger partial charge in [0.2, 0.25) is 0 Å². The second kappa shape index (κ2) is 7.99. The zero-order valence-electron chi connectivity index (χ0n) is 14.4. The van der Waals surface area contributed by atoms with Crippen LogP contribution < -0.4 is 10.6 Å². The quantitative estimate of drug-likeness (QED) is 0.727. The van der Waals surface area contributed by atoms with Crippen LogP contribution in [-0.2, 0) is 19.1 Å². The lowest BCUT2D eigenvalue weighted by Crippen LogP contribution is -2.51. The van der Waals surface area contributed by atoms with E-state index in [0.717, 1.165) is 0 Å². The van der Waals surface area contributed by atoms with Crippen molar-refractivity contribution in [3.8, 4) is 0 Å². The van der Waals surface area contributed by atoms with Crippen LogP contribution >= 0.6 is 0 Å². The van der Waals surface area contributed by atoms with Gasteiger partial charge < -0.3 is 20.1 Å². The topological polar surface area (TPSA) is 93.7 Å². The van der Waals surface area contributed by atoms with Crippen LogP contribution in [0.15, 0.2) is 11.3 Å². The SMILES string of the molecule is CCOC(=O)C1=C(COC(=O)CC(C)(C)C)NC(=O)N[C@H]1CC. The van der Waals surface area contributed by atoms with Crippen LogP contribution in [0.1, 0.15) is 47.5 Å². The van der Waals surface area contributed by atoms with E-state index in [1.54, 1.807) is 6.92 Å². The number of urea groups is 1. The fourth-order valence-corrected chi connectivity index (χ4v) is 2.21. The average molecular weight is 326 g/mol. The summed E-state index contributed by atoms with van der Waals surface area (Å²) in [5.74, 6) is -0.900. The Bertz CT molecular complexity index is 505. The number of hydrogen-bond acceptors (Lipinski definition) is 5. The summed E-state index contributed by atoms with van der Waals surface area (Å²) < 4.78 is 10.2. The third-order valence-electron chi connectivity index (χ3n) is 3.20. The molecule has 0 aromatic heterocycles. The van der Waals surface area contributed by atoms with Gasteiger partial charge in [-0.05, 0) is 18.8 Å². The van der Waals surface area contributed by atoms with Gasteiger partial charge in [-0.3, -0.25) is 4.79 Å². The van der Waals surface area contributed by atoms with E-state index in [1.165, 1.54) is 0 Å². The predicted molar refractivity (Wildman–Crippen MR) is 84.4 cm³/mol. The molecule has 0 aromatic rings. The first-order chi connectivity index (χ1) is 10.7. The minimum Gasteiger partial charge on any atom is -0.463 e. The third-order valence-corrected chi connectivity index (χ3v) is 3.20. The molecule has 0 bridgehead atoms. The number of rotatable bonds is 6. The molecule has 130 valence electrons. The number of esters is 2. The molecule has 0 radical (unpaired) electrons. The first-order valence-electron chi connectivity index (χ1n) is 7.81. The molecule has 23 heavy (non-hydrogen) atoms. The summed E-state index contributed by atoms with van der Waals surface area (Å²) >= 11 is 0. The molecule has 0 aliphatic carbocycles. The molecule has 1 heterocycles. The molecule has 0 unspecified atom stereocenters. The maximum Gasteiger partial charge on any atom is 0.338 e. The highest BCUT2D eigenvalue weighted by molar-refractivity contribution is 5.94. The van der Waals surface area contributed by atoms with Gasteiger partial charge in [0, 0.05) is 0 Å². The van der Waals surface area contributed by atoms with E-state index >= 15 is 0 Å². The summed E-state index contributed by atoms with van der Waals surface area (Å²) in [7, 11) is 0. The van der Waals surface area contributed by atoms with Crippen LogP contribution in [0.4, 0.5) is 4.79 Å². The fourth-order valence-electron chi connectivity index (χ4n) is 2.21. The molecule has 7 nitrogen and oxygen atoms in total. The van der Waals surface area contributed by atoms with E-state index in [1.807, 2.05) is 27.7 Å². The van der Waals surface area contributed by atoms with Gasteiger partial charge in [0.25, 0.3) is 0 Å². The maximum absolute atomic E-state index is 12.1. The van der Waals surface area contributed by atoms with Crippen LogP contribution in [0.2, 0.25) is 0 Å². The molecule has 1 aliphatic rings. The summed E-state index contributed by atoms with van der Waals surface area (Å²) in [6.07, 6.45) is 0.777. The first kappa shape index (κ1) is 19.0. The molecule has 0 fully saturated rings. The zero-order valence-corrected chi connectivity index (χ0v) is 14.4. The van der Waals surface area contributed by atoms with E-state index in [0.29, 0.717) is 12.0 Å². The smallest absolute Gasteiger partial charge is 0.338 e. The Morgan fingerprint density at radius 1 is 1.17 bits per heavy atom. The van der Waals surface area contributed by atoms with Gasteiger partial charge in [-0.1, -0.05) is 27.7 Å². The number of ether oxygens (including phenoxy) is 2. The highest BCUT2D eigenvalue weighted by atomic mass is 16.5. The molecule has 2 N–H and O–H groups in total. The Morgan fingerprint density at radius 3 is 2.35 bits per heavy atom. The van der Waals surface area contributed by atoms with Crippen LogP contribution in [-0.4, -0.2) is 37.2 Å². The minimum absolute atomic E-state index is 0.160. The number of hydrogen-bond donors (Lipinski definition) is 2. The average Bonchev–Trinajstić information content (AvgIpc) is 2.42. The lowest BCUT2D eigenvalue weighted by atomic mass is 9.92. The van der Waals surface area contributed by atoms with E-state index in [2.05, 4.69) is 10.6 Å². The van der Waals surface area contributed by atoms with Gasteiger partial charge in [-0.25, -0.2) is 9.59 Å².